The molecule has 6 aromatic rings. The van der Waals surface area contributed by atoms with Crippen LogP contribution >= 0.6 is 0 Å². The molecule has 0 radical (unpaired) electrons. The van der Waals surface area contributed by atoms with Crippen LogP contribution in [0.25, 0.3) is 33.5 Å². The van der Waals surface area contributed by atoms with Gasteiger partial charge in [0.05, 0.1) is 48.6 Å². The Kier molecular flexibility index (Phi) is 13.0. The summed E-state index contributed by atoms with van der Waals surface area (Å²) in [7, 11) is 3.79. The van der Waals surface area contributed by atoms with E-state index in [9.17, 15) is 14.7 Å². The van der Waals surface area contributed by atoms with E-state index in [1.54, 1.807) is 26.7 Å². The molecule has 2 N–H and O–H groups in total. The molecule has 0 saturated carbocycles. The number of fused-ring (bicyclic) bond motifs is 2. The molecule has 8 rings (SSSR count). The summed E-state index contributed by atoms with van der Waals surface area (Å²) in [6.07, 6.45) is 19.9. The summed E-state index contributed by atoms with van der Waals surface area (Å²) in [5.74, 6) is 2.62. The van der Waals surface area contributed by atoms with Crippen LogP contribution in [0.3, 0.4) is 0 Å². The smallest absolute Gasteiger partial charge is 0.407 e. The first-order valence-corrected chi connectivity index (χ1v) is 21.6. The molecule has 0 bridgehead atoms. The standard InChI is InChI=1S/2C22H31N7O2/c1-22(2,3)28(21(30)31)13-16-6-5-10-27(11-8-16)20-19-7-9-23-29(19)15-18(25-20)17-12-24-26(4)14-17;1-22(2,3)31-21(30)23-12-16-6-5-10-28(11-8-16)20-19-7-9-24-29(19)15-18(26-20)17-13-25-27(4)14-17/h7,9,12,14-16H,5-6,8,10-11,13H2,1-4H3,(H,30,31);7,9,13-16H,5-6,8,10-12H2,1-4H3,(H,23,30). The molecule has 18 heteroatoms. The lowest BCUT2D eigenvalue weighted by atomic mass is 9.97. The third-order valence-electron chi connectivity index (χ3n) is 11.5. The van der Waals surface area contributed by atoms with Gasteiger partial charge in [-0.05, 0) is 104 Å². The van der Waals surface area contributed by atoms with E-state index in [0.717, 1.165) is 110 Å². The van der Waals surface area contributed by atoms with E-state index < -0.39 is 17.2 Å². The molecule has 2 atom stereocenters. The lowest BCUT2D eigenvalue weighted by Crippen LogP contribution is -2.47. The highest BCUT2D eigenvalue weighted by molar-refractivity contribution is 5.74. The Morgan fingerprint density at radius 2 is 1.23 bits per heavy atom. The van der Waals surface area contributed by atoms with E-state index in [0.29, 0.717) is 24.9 Å². The molecule has 0 aliphatic carbocycles. The van der Waals surface area contributed by atoms with Crippen LogP contribution in [0.15, 0.2) is 61.7 Å². The number of rotatable bonds is 8. The number of carbonyl (C=O) groups excluding carboxylic acids is 1. The van der Waals surface area contributed by atoms with Crippen molar-refractivity contribution in [1.82, 2.24) is 59.0 Å². The second-order valence-electron chi connectivity index (χ2n) is 18.5. The average molecular weight is 851 g/mol. The van der Waals surface area contributed by atoms with Crippen LogP contribution < -0.4 is 15.1 Å². The third-order valence-corrected chi connectivity index (χ3v) is 11.5. The number of aryl methyl sites for hydroxylation is 2. The van der Waals surface area contributed by atoms with Crippen molar-refractivity contribution in [2.45, 2.75) is 91.2 Å². The highest BCUT2D eigenvalue weighted by atomic mass is 16.6. The van der Waals surface area contributed by atoms with Crippen LogP contribution in [0, 0.1) is 11.8 Å². The quantitative estimate of drug-likeness (QED) is 0.164. The molecule has 2 saturated heterocycles. The Morgan fingerprint density at radius 1 is 0.726 bits per heavy atom. The van der Waals surface area contributed by atoms with Gasteiger partial charge in [-0.15, -0.1) is 0 Å². The molecule has 18 nitrogen and oxygen atoms in total. The molecule has 6 aromatic heterocycles. The van der Waals surface area contributed by atoms with Crippen molar-refractivity contribution in [3.63, 3.8) is 0 Å². The fourth-order valence-corrected chi connectivity index (χ4v) is 8.25. The summed E-state index contributed by atoms with van der Waals surface area (Å²) in [6, 6.07) is 3.99. The maximum Gasteiger partial charge on any atom is 0.407 e. The van der Waals surface area contributed by atoms with Gasteiger partial charge in [0.1, 0.15) is 16.6 Å². The lowest BCUT2D eigenvalue weighted by Gasteiger charge is -2.35. The van der Waals surface area contributed by atoms with Gasteiger partial charge >= 0.3 is 12.2 Å². The molecule has 2 unspecified atom stereocenters. The van der Waals surface area contributed by atoms with Crippen molar-refractivity contribution >= 4 is 34.9 Å². The summed E-state index contributed by atoms with van der Waals surface area (Å²) >= 11 is 0. The number of hydrogen-bond acceptors (Lipinski definition) is 11. The van der Waals surface area contributed by atoms with E-state index in [1.165, 1.54) is 0 Å². The number of hydrogen-bond donors (Lipinski definition) is 2. The number of nitrogens with one attached hydrogen (secondary N) is 1. The van der Waals surface area contributed by atoms with Crippen molar-refractivity contribution in [1.29, 1.82) is 0 Å². The molecule has 332 valence electrons. The number of alkyl carbamates (subject to hydrolysis) is 1. The van der Waals surface area contributed by atoms with Crippen LogP contribution in [-0.4, -0.2) is 121 Å². The number of carboxylic acid groups (broad SMARTS) is 1. The van der Waals surface area contributed by atoms with Gasteiger partial charge in [0.2, 0.25) is 0 Å². The van der Waals surface area contributed by atoms with Crippen molar-refractivity contribution < 1.29 is 19.4 Å². The monoisotopic (exact) mass is 851 g/mol. The Hall–Kier alpha value is -6.20. The number of carbonyl (C=O) groups is 2. The molecule has 2 aliphatic rings. The zero-order chi connectivity index (χ0) is 44.2. The minimum absolute atomic E-state index is 0.336. The molecular formula is C44H62N14O4. The SMILES string of the molecule is Cn1cc(-c2cn3nccc3c(N3CCCC(CN(C(=O)O)C(C)(C)C)CC3)n2)cn1.Cn1cc(-c2cn3nccc3c(N3CCCC(CNC(=O)OC(C)(C)C)CC3)n2)cn1. The van der Waals surface area contributed by atoms with E-state index in [4.69, 9.17) is 14.7 Å². The number of ether oxygens (including phenoxy) is 1. The highest BCUT2D eigenvalue weighted by Crippen LogP contribution is 2.31. The van der Waals surface area contributed by atoms with Crippen LogP contribution in [0.4, 0.5) is 21.2 Å². The maximum atomic E-state index is 12.0. The first-order valence-electron chi connectivity index (χ1n) is 21.6. The van der Waals surface area contributed by atoms with Gasteiger partial charge in [-0.3, -0.25) is 9.36 Å². The summed E-state index contributed by atoms with van der Waals surface area (Å²) in [5.41, 5.74) is 4.71. The fraction of sp³-hybridized carbons (Fsp3) is 0.545. The van der Waals surface area contributed by atoms with E-state index in [2.05, 4.69) is 35.5 Å². The van der Waals surface area contributed by atoms with Crippen LogP contribution in [0.1, 0.15) is 80.1 Å². The Bertz CT molecular complexity index is 2450. The number of aromatic nitrogens is 10. The first kappa shape index (κ1) is 43.9. The van der Waals surface area contributed by atoms with Gasteiger partial charge in [0.15, 0.2) is 11.6 Å². The maximum absolute atomic E-state index is 12.0. The molecule has 8 heterocycles. The normalized spacial score (nSPS) is 17.6. The second kappa shape index (κ2) is 18.4. The number of anilines is 2. The molecule has 62 heavy (non-hydrogen) atoms. The van der Waals surface area contributed by atoms with Gasteiger partial charge in [-0.2, -0.15) is 20.4 Å². The van der Waals surface area contributed by atoms with E-state index >= 15 is 0 Å². The number of amides is 2. The lowest BCUT2D eigenvalue weighted by molar-refractivity contribution is 0.0517. The van der Waals surface area contributed by atoms with Gasteiger partial charge in [-0.25, -0.2) is 28.6 Å². The minimum atomic E-state index is -0.847. The summed E-state index contributed by atoms with van der Waals surface area (Å²) in [5, 5.41) is 30.0. The zero-order valence-corrected chi connectivity index (χ0v) is 37.4. The van der Waals surface area contributed by atoms with Crippen LogP contribution in [0.5, 0.6) is 0 Å². The molecule has 0 aromatic carbocycles. The highest BCUT2D eigenvalue weighted by Gasteiger charge is 2.30. The van der Waals surface area contributed by atoms with Crippen molar-refractivity contribution in [3.05, 3.63) is 61.7 Å². The summed E-state index contributed by atoms with van der Waals surface area (Å²) in [6.45, 7) is 16.2. The topological polar surface area (TPSA) is 181 Å². The second-order valence-corrected chi connectivity index (χ2v) is 18.5. The molecular weight excluding hydrogens is 789 g/mol. The van der Waals surface area contributed by atoms with Crippen LogP contribution in [-0.2, 0) is 18.8 Å². The number of nitrogens with zero attached hydrogens (tertiary/aromatic N) is 13. The predicted molar refractivity (Wildman–Crippen MR) is 238 cm³/mol. The predicted octanol–water partition coefficient (Wildman–Crippen LogP) is 6.78. The fourth-order valence-electron chi connectivity index (χ4n) is 8.25. The zero-order valence-electron chi connectivity index (χ0n) is 37.4. The molecule has 2 amide bonds. The summed E-state index contributed by atoms with van der Waals surface area (Å²) < 4.78 is 12.7. The third kappa shape index (κ3) is 10.8. The van der Waals surface area contributed by atoms with Gasteiger partial charge in [0.25, 0.3) is 0 Å². The molecule has 2 aliphatic heterocycles. The average Bonchev–Trinajstić information content (AvgIpc) is 4.00. The van der Waals surface area contributed by atoms with Crippen LogP contribution in [0.2, 0.25) is 0 Å². The summed E-state index contributed by atoms with van der Waals surface area (Å²) in [4.78, 5) is 40.0. The molecule has 2 fully saturated rings. The largest absolute Gasteiger partial charge is 0.465 e. The van der Waals surface area contributed by atoms with Gasteiger partial charge in [-0.1, -0.05) is 0 Å². The minimum Gasteiger partial charge on any atom is -0.465 e. The Labute approximate surface area is 362 Å². The van der Waals surface area contributed by atoms with Gasteiger partial charge < -0.3 is 29.9 Å². The first-order chi connectivity index (χ1) is 29.5. The Morgan fingerprint density at radius 3 is 1.68 bits per heavy atom. The van der Waals surface area contributed by atoms with Gasteiger partial charge in [0, 0.05) is 82.4 Å². The van der Waals surface area contributed by atoms with Crippen molar-refractivity contribution in [2.75, 3.05) is 49.1 Å². The Balaban J connectivity index is 0.000000186. The van der Waals surface area contributed by atoms with Crippen molar-refractivity contribution in [2.24, 2.45) is 25.9 Å². The van der Waals surface area contributed by atoms with Crippen molar-refractivity contribution in [3.8, 4) is 22.5 Å². The molecule has 0 spiro atoms. The van der Waals surface area contributed by atoms with E-state index in [-0.39, 0.29) is 6.09 Å². The van der Waals surface area contributed by atoms with E-state index in [1.807, 2.05) is 114 Å².